The maximum absolute atomic E-state index is 14.1. The minimum atomic E-state index is -0.240. The van der Waals surface area contributed by atoms with E-state index in [0.717, 1.165) is 39.9 Å². The van der Waals surface area contributed by atoms with E-state index >= 15 is 0 Å². The molecule has 0 radical (unpaired) electrons. The SMILES string of the molecule is CC.CC(C)=O.CCCNC(/C=C\C=C\N)=C/Sc1cc(-c2ccccc2F)ccc1OC.Clc1ccccc1. The Morgan fingerprint density at radius 2 is 1.65 bits per heavy atom. The molecule has 0 saturated carbocycles. The van der Waals surface area contributed by atoms with Gasteiger partial charge in [0, 0.05) is 22.8 Å². The fraction of sp³-hybridized carbons (Fsp3) is 0.242. The molecule has 0 unspecified atom stereocenters. The van der Waals surface area contributed by atoms with Gasteiger partial charge in [-0.25, -0.2) is 4.39 Å². The van der Waals surface area contributed by atoms with Crippen molar-refractivity contribution >= 4 is 29.1 Å². The molecule has 0 aromatic heterocycles. The summed E-state index contributed by atoms with van der Waals surface area (Å²) in [6.45, 7) is 10.0. The monoisotopic (exact) mass is 584 g/mol. The van der Waals surface area contributed by atoms with Gasteiger partial charge in [-0.05, 0) is 79.9 Å². The number of ketones is 1. The number of Topliss-reactive ketones (excluding diaryl/α,β-unsaturated/α-hetero) is 1. The number of thioether (sulfide) groups is 1. The third-order valence-corrected chi connectivity index (χ3v) is 5.67. The highest BCUT2D eigenvalue weighted by Crippen LogP contribution is 2.35. The molecule has 0 heterocycles. The zero-order valence-electron chi connectivity index (χ0n) is 24.3. The maximum atomic E-state index is 14.1. The molecular weight excluding hydrogens is 543 g/mol. The van der Waals surface area contributed by atoms with Crippen LogP contribution in [0.4, 0.5) is 4.39 Å². The van der Waals surface area contributed by atoms with E-state index in [1.54, 1.807) is 25.3 Å². The number of carbonyl (C=O) groups is 1. The lowest BCUT2D eigenvalue weighted by Gasteiger charge is -2.11. The molecule has 0 amide bonds. The summed E-state index contributed by atoms with van der Waals surface area (Å²) in [5.41, 5.74) is 7.74. The standard InChI is InChI=1S/C22H25FN2OS.C6H5Cl.C3H6O.C2H6/c1-3-14-25-18(8-6-7-13-24)16-27-22-15-17(11-12-21(22)26-2)19-9-4-5-10-20(19)23;7-6-4-2-1-3-5-6;1-3(2)4;1-2/h4-13,15-16,25H,3,14,24H2,1-2H3;1-5H;1-2H3;1-2H3/b8-6-,13-7+,18-16+;;;. The number of hydrogen-bond donors (Lipinski definition) is 2. The van der Waals surface area contributed by atoms with Crippen LogP contribution in [-0.2, 0) is 4.79 Å². The van der Waals surface area contributed by atoms with Gasteiger partial charge in [0.1, 0.15) is 17.3 Å². The number of nitrogens with two attached hydrogens (primary N) is 1. The van der Waals surface area contributed by atoms with Crippen molar-refractivity contribution in [2.24, 2.45) is 5.73 Å². The zero-order chi connectivity index (χ0) is 30.2. The molecule has 216 valence electrons. The number of rotatable bonds is 9. The van der Waals surface area contributed by atoms with Crippen LogP contribution in [0.3, 0.4) is 0 Å². The second-order valence-corrected chi connectivity index (χ2v) is 9.26. The predicted molar refractivity (Wildman–Crippen MR) is 172 cm³/mol. The van der Waals surface area contributed by atoms with Gasteiger partial charge in [0.15, 0.2) is 0 Å². The Morgan fingerprint density at radius 3 is 2.17 bits per heavy atom. The first-order valence-corrected chi connectivity index (χ1v) is 14.3. The molecular formula is C33H42ClFN2O2S. The molecule has 0 fully saturated rings. The summed E-state index contributed by atoms with van der Waals surface area (Å²) in [7, 11) is 1.63. The van der Waals surface area contributed by atoms with E-state index in [1.807, 2.05) is 86.0 Å². The van der Waals surface area contributed by atoms with Gasteiger partial charge in [0.25, 0.3) is 0 Å². The van der Waals surface area contributed by atoms with Crippen LogP contribution in [0.5, 0.6) is 5.75 Å². The first kappa shape index (κ1) is 36.5. The van der Waals surface area contributed by atoms with Crippen LogP contribution in [-0.4, -0.2) is 19.4 Å². The van der Waals surface area contributed by atoms with Crippen LogP contribution in [0.15, 0.2) is 113 Å². The predicted octanol–water partition coefficient (Wildman–Crippen LogP) is 9.42. The summed E-state index contributed by atoms with van der Waals surface area (Å²) in [5, 5.41) is 6.18. The number of halogens is 2. The van der Waals surface area contributed by atoms with Gasteiger partial charge in [-0.15, -0.1) is 0 Å². The highest BCUT2D eigenvalue weighted by atomic mass is 35.5. The van der Waals surface area contributed by atoms with E-state index in [1.165, 1.54) is 37.9 Å². The second kappa shape index (κ2) is 23.4. The third-order valence-electron chi connectivity index (χ3n) is 4.47. The van der Waals surface area contributed by atoms with Gasteiger partial charge in [0.05, 0.1) is 12.0 Å². The lowest BCUT2D eigenvalue weighted by molar-refractivity contribution is -0.114. The van der Waals surface area contributed by atoms with Crippen molar-refractivity contribution in [1.29, 1.82) is 0 Å². The summed E-state index contributed by atoms with van der Waals surface area (Å²) in [6.07, 6.45) is 8.11. The molecule has 0 bridgehead atoms. The van der Waals surface area contributed by atoms with Crippen molar-refractivity contribution in [2.45, 2.75) is 45.9 Å². The molecule has 0 spiro atoms. The van der Waals surface area contributed by atoms with Crippen LogP contribution in [0.25, 0.3) is 11.1 Å². The minimum Gasteiger partial charge on any atom is -0.496 e. The molecule has 0 aliphatic heterocycles. The van der Waals surface area contributed by atoms with E-state index in [-0.39, 0.29) is 11.6 Å². The quantitative estimate of drug-likeness (QED) is 0.194. The van der Waals surface area contributed by atoms with Gasteiger partial charge in [0.2, 0.25) is 0 Å². The number of nitrogens with one attached hydrogen (secondary N) is 1. The Labute approximate surface area is 249 Å². The molecule has 0 aliphatic rings. The van der Waals surface area contributed by atoms with Crippen LogP contribution in [0, 0.1) is 5.82 Å². The number of methoxy groups -OCH3 is 1. The summed E-state index contributed by atoms with van der Waals surface area (Å²) in [6, 6.07) is 21.9. The topological polar surface area (TPSA) is 64.4 Å². The van der Waals surface area contributed by atoms with E-state index in [2.05, 4.69) is 12.2 Å². The van der Waals surface area contributed by atoms with Gasteiger partial charge in [-0.1, -0.05) is 92.7 Å². The molecule has 3 aromatic carbocycles. The highest BCUT2D eigenvalue weighted by Gasteiger charge is 2.09. The van der Waals surface area contributed by atoms with Crippen LogP contribution < -0.4 is 15.8 Å². The summed E-state index contributed by atoms with van der Waals surface area (Å²) in [4.78, 5) is 10.4. The van der Waals surface area contributed by atoms with Gasteiger partial charge < -0.3 is 20.6 Å². The van der Waals surface area contributed by atoms with E-state index in [0.29, 0.717) is 5.56 Å². The third kappa shape index (κ3) is 16.5. The molecule has 7 heteroatoms. The summed E-state index contributed by atoms with van der Waals surface area (Å²) in [5.74, 6) is 0.674. The number of benzene rings is 3. The van der Waals surface area contributed by atoms with Crippen LogP contribution >= 0.6 is 23.4 Å². The minimum absolute atomic E-state index is 0.167. The van der Waals surface area contributed by atoms with E-state index in [9.17, 15) is 9.18 Å². The fourth-order valence-corrected chi connectivity index (χ4v) is 3.83. The first-order valence-electron chi connectivity index (χ1n) is 13.1. The molecule has 0 aliphatic carbocycles. The zero-order valence-corrected chi connectivity index (χ0v) is 25.9. The number of carbonyl (C=O) groups excluding carboxylic acids is 1. The van der Waals surface area contributed by atoms with Gasteiger partial charge in [-0.2, -0.15) is 0 Å². The Kier molecular flexibility index (Phi) is 21.4. The smallest absolute Gasteiger partial charge is 0.132 e. The number of allylic oxidation sites excluding steroid dienone is 3. The van der Waals surface area contributed by atoms with Gasteiger partial charge in [-0.3, -0.25) is 0 Å². The molecule has 4 nitrogen and oxygen atoms in total. The molecule has 40 heavy (non-hydrogen) atoms. The van der Waals surface area contributed by atoms with Crippen LogP contribution in [0.1, 0.15) is 41.0 Å². The average Bonchev–Trinajstić information content (AvgIpc) is 2.96. The summed E-state index contributed by atoms with van der Waals surface area (Å²) >= 11 is 7.06. The first-order chi connectivity index (χ1) is 19.3. The Hall–Kier alpha value is -3.48. The lowest BCUT2D eigenvalue weighted by atomic mass is 10.1. The number of ether oxygens (including phenoxy) is 1. The summed E-state index contributed by atoms with van der Waals surface area (Å²) < 4.78 is 19.6. The number of hydrogen-bond acceptors (Lipinski definition) is 5. The van der Waals surface area contributed by atoms with Crippen molar-refractivity contribution in [2.75, 3.05) is 13.7 Å². The van der Waals surface area contributed by atoms with Crippen molar-refractivity contribution in [3.63, 3.8) is 0 Å². The Morgan fingerprint density at radius 1 is 1.02 bits per heavy atom. The molecule has 0 saturated heterocycles. The van der Waals surface area contributed by atoms with Crippen molar-refractivity contribution in [3.05, 3.63) is 119 Å². The molecule has 3 N–H and O–H groups in total. The average molecular weight is 585 g/mol. The van der Waals surface area contributed by atoms with Crippen LogP contribution in [0.2, 0.25) is 5.02 Å². The van der Waals surface area contributed by atoms with Gasteiger partial charge >= 0.3 is 0 Å². The molecule has 3 aromatic rings. The van der Waals surface area contributed by atoms with Crippen molar-refractivity contribution < 1.29 is 13.9 Å². The highest BCUT2D eigenvalue weighted by molar-refractivity contribution is 8.02. The fourth-order valence-electron chi connectivity index (χ4n) is 2.81. The molecule has 0 atom stereocenters. The second-order valence-electron chi connectivity index (χ2n) is 7.91. The normalized spacial score (nSPS) is 10.4. The maximum Gasteiger partial charge on any atom is 0.132 e. The van der Waals surface area contributed by atoms with Crippen molar-refractivity contribution in [1.82, 2.24) is 5.32 Å². The lowest BCUT2D eigenvalue weighted by Crippen LogP contribution is -2.12. The van der Waals surface area contributed by atoms with Crippen molar-refractivity contribution in [3.8, 4) is 16.9 Å². The Balaban J connectivity index is 0.000000965. The van der Waals surface area contributed by atoms with E-state index in [4.69, 9.17) is 22.1 Å². The molecule has 3 rings (SSSR count). The largest absolute Gasteiger partial charge is 0.496 e. The van der Waals surface area contributed by atoms with E-state index < -0.39 is 0 Å². The Bertz CT molecular complexity index is 1190.